The molecule has 0 radical (unpaired) electrons. The molecule has 1 nitrogen and oxygen atoms in total. The Morgan fingerprint density at radius 1 is 0.407 bits per heavy atom. The van der Waals surface area contributed by atoms with Gasteiger partial charge in [-0.3, -0.25) is 0 Å². The predicted molar refractivity (Wildman–Crippen MR) is 249 cm³/mol. The van der Waals surface area contributed by atoms with Crippen LogP contribution in [0.1, 0.15) is 86.4 Å². The molecule has 2 aliphatic rings. The second-order valence-corrected chi connectivity index (χ2v) is 17.5. The van der Waals surface area contributed by atoms with E-state index < -0.39 is 5.41 Å². The Balaban J connectivity index is 1.22. The summed E-state index contributed by atoms with van der Waals surface area (Å²) in [6, 6.07) is 72.7. The minimum Gasteiger partial charge on any atom is -0.310 e. The third-order valence-corrected chi connectivity index (χ3v) is 13.6. The third-order valence-electron chi connectivity index (χ3n) is 13.6. The summed E-state index contributed by atoms with van der Waals surface area (Å²) < 4.78 is 0. The highest BCUT2D eigenvalue weighted by molar-refractivity contribution is 5.96. The predicted octanol–water partition coefficient (Wildman–Crippen LogP) is 15.6. The SMILES string of the molecule is CCC1(CC)c2cc(N(c3ccccc3)c3ccc4c(c3)C(c3ccccc3)(c3ccccc3)c3ccccc3-4)ccc2-c2c1ccc(C(C)(C)C)c2-c1ccccc1. The van der Waals surface area contributed by atoms with E-state index in [1.54, 1.807) is 0 Å². The number of hydrogen-bond donors (Lipinski definition) is 0. The van der Waals surface area contributed by atoms with Crippen molar-refractivity contribution in [3.63, 3.8) is 0 Å². The second-order valence-electron chi connectivity index (χ2n) is 17.5. The Bertz CT molecular complexity index is 2770. The molecule has 0 aliphatic heterocycles. The highest BCUT2D eigenvalue weighted by Crippen LogP contribution is 2.60. The molecule has 8 aromatic rings. The Kier molecular flexibility index (Phi) is 8.83. The van der Waals surface area contributed by atoms with E-state index in [0.717, 1.165) is 24.2 Å². The number of benzene rings is 8. The lowest BCUT2D eigenvalue weighted by Gasteiger charge is -2.35. The van der Waals surface area contributed by atoms with Gasteiger partial charge in [0.1, 0.15) is 0 Å². The van der Waals surface area contributed by atoms with E-state index in [9.17, 15) is 0 Å². The molecular weight excluding hydrogens is 711 g/mol. The van der Waals surface area contributed by atoms with Crippen molar-refractivity contribution < 1.29 is 0 Å². The molecule has 288 valence electrons. The molecule has 0 N–H and O–H groups in total. The summed E-state index contributed by atoms with van der Waals surface area (Å²) in [6.45, 7) is 11.8. The maximum absolute atomic E-state index is 2.53. The first-order valence-corrected chi connectivity index (χ1v) is 21.4. The Labute approximate surface area is 350 Å². The van der Waals surface area contributed by atoms with Crippen LogP contribution in [0.5, 0.6) is 0 Å². The van der Waals surface area contributed by atoms with Gasteiger partial charge in [0.2, 0.25) is 0 Å². The Morgan fingerprint density at radius 3 is 1.51 bits per heavy atom. The van der Waals surface area contributed by atoms with E-state index in [-0.39, 0.29) is 10.8 Å². The van der Waals surface area contributed by atoms with Crippen molar-refractivity contribution in [3.8, 4) is 33.4 Å². The topological polar surface area (TPSA) is 3.24 Å². The third kappa shape index (κ3) is 5.51. The molecular formula is C58H51N. The maximum Gasteiger partial charge on any atom is 0.0714 e. The van der Waals surface area contributed by atoms with Crippen LogP contribution in [0.15, 0.2) is 194 Å². The van der Waals surface area contributed by atoms with Gasteiger partial charge in [-0.2, -0.15) is 0 Å². The van der Waals surface area contributed by atoms with Gasteiger partial charge in [0.15, 0.2) is 0 Å². The van der Waals surface area contributed by atoms with Crippen LogP contribution in [-0.2, 0) is 16.2 Å². The molecule has 0 atom stereocenters. The van der Waals surface area contributed by atoms with E-state index in [1.807, 2.05) is 0 Å². The van der Waals surface area contributed by atoms with Crippen LogP contribution >= 0.6 is 0 Å². The van der Waals surface area contributed by atoms with Crippen LogP contribution in [0, 0.1) is 0 Å². The van der Waals surface area contributed by atoms with Crippen molar-refractivity contribution in [1.29, 1.82) is 0 Å². The fourth-order valence-corrected chi connectivity index (χ4v) is 10.8. The summed E-state index contributed by atoms with van der Waals surface area (Å²) >= 11 is 0. The molecule has 0 bridgehead atoms. The van der Waals surface area contributed by atoms with Gasteiger partial charge in [0.25, 0.3) is 0 Å². The minimum atomic E-state index is -0.482. The molecule has 0 amide bonds. The summed E-state index contributed by atoms with van der Waals surface area (Å²) in [4.78, 5) is 2.49. The van der Waals surface area contributed by atoms with Crippen LogP contribution in [-0.4, -0.2) is 0 Å². The minimum absolute atomic E-state index is 0.0178. The molecule has 1 heteroatoms. The van der Waals surface area contributed by atoms with E-state index in [1.165, 1.54) is 78.0 Å². The number of rotatable bonds is 8. The smallest absolute Gasteiger partial charge is 0.0714 e. The molecule has 0 spiro atoms. The average Bonchev–Trinajstić information content (AvgIpc) is 3.74. The van der Waals surface area contributed by atoms with Crippen molar-refractivity contribution >= 4 is 17.1 Å². The van der Waals surface area contributed by atoms with Crippen molar-refractivity contribution in [3.05, 3.63) is 233 Å². The maximum atomic E-state index is 2.53. The van der Waals surface area contributed by atoms with Crippen molar-refractivity contribution in [2.24, 2.45) is 0 Å². The fraction of sp³-hybridized carbons (Fsp3) is 0.172. The molecule has 0 heterocycles. The molecule has 0 saturated heterocycles. The summed E-state index contributed by atoms with van der Waals surface area (Å²) in [6.07, 6.45) is 2.05. The van der Waals surface area contributed by atoms with E-state index in [4.69, 9.17) is 0 Å². The number of fused-ring (bicyclic) bond motifs is 6. The van der Waals surface area contributed by atoms with Crippen molar-refractivity contribution in [2.45, 2.75) is 63.7 Å². The largest absolute Gasteiger partial charge is 0.310 e. The zero-order valence-corrected chi connectivity index (χ0v) is 34.8. The van der Waals surface area contributed by atoms with Gasteiger partial charge < -0.3 is 4.90 Å². The average molecular weight is 762 g/mol. The van der Waals surface area contributed by atoms with Gasteiger partial charge in [-0.25, -0.2) is 0 Å². The summed E-state index contributed by atoms with van der Waals surface area (Å²) in [5.41, 5.74) is 20.3. The highest BCUT2D eigenvalue weighted by Gasteiger charge is 2.47. The lowest BCUT2D eigenvalue weighted by Crippen LogP contribution is -2.28. The molecule has 0 aromatic heterocycles. The quantitative estimate of drug-likeness (QED) is 0.149. The number of nitrogens with zero attached hydrogens (tertiary/aromatic N) is 1. The molecule has 0 saturated carbocycles. The number of hydrogen-bond acceptors (Lipinski definition) is 1. The Morgan fingerprint density at radius 2 is 0.915 bits per heavy atom. The monoisotopic (exact) mass is 761 g/mol. The zero-order chi connectivity index (χ0) is 40.4. The number of para-hydroxylation sites is 1. The van der Waals surface area contributed by atoms with Crippen LogP contribution in [0.4, 0.5) is 17.1 Å². The lowest BCUT2D eigenvalue weighted by atomic mass is 9.67. The van der Waals surface area contributed by atoms with Crippen LogP contribution in [0.2, 0.25) is 0 Å². The summed E-state index contributed by atoms with van der Waals surface area (Å²) in [5, 5.41) is 0. The first-order valence-electron chi connectivity index (χ1n) is 21.4. The van der Waals surface area contributed by atoms with Crippen LogP contribution < -0.4 is 4.90 Å². The Hall–Kier alpha value is -6.44. The molecule has 10 rings (SSSR count). The molecule has 2 aliphatic carbocycles. The molecule has 0 fully saturated rings. The fourth-order valence-electron chi connectivity index (χ4n) is 10.8. The second kappa shape index (κ2) is 14.1. The van der Waals surface area contributed by atoms with Gasteiger partial charge >= 0.3 is 0 Å². The standard InChI is InChI=1S/C58H51N/c1-6-57(7-2)51-37-36-50(56(3,4)5)54(40-22-12-8-13-23-40)55(51)48-35-33-44(38-52(48)57)59(43-28-18-11-19-29-43)45-32-34-47-46-30-20-21-31-49(46)58(53(47)39-45,41-24-14-9-15-25-41)42-26-16-10-17-27-42/h8-39H,6-7H2,1-5H3. The van der Waals surface area contributed by atoms with Gasteiger partial charge in [-0.15, -0.1) is 0 Å². The summed E-state index contributed by atoms with van der Waals surface area (Å²) in [7, 11) is 0. The number of anilines is 3. The highest BCUT2D eigenvalue weighted by atomic mass is 15.1. The van der Waals surface area contributed by atoms with Crippen molar-refractivity contribution in [2.75, 3.05) is 4.90 Å². The molecule has 0 unspecified atom stereocenters. The molecule has 59 heavy (non-hydrogen) atoms. The molecule has 8 aromatic carbocycles. The lowest BCUT2D eigenvalue weighted by molar-refractivity contribution is 0.490. The zero-order valence-electron chi connectivity index (χ0n) is 34.8. The van der Waals surface area contributed by atoms with Crippen LogP contribution in [0.3, 0.4) is 0 Å². The summed E-state index contributed by atoms with van der Waals surface area (Å²) in [5.74, 6) is 0. The van der Waals surface area contributed by atoms with Gasteiger partial charge in [0, 0.05) is 22.5 Å². The first kappa shape index (κ1) is 36.9. The van der Waals surface area contributed by atoms with Gasteiger partial charge in [-0.1, -0.05) is 192 Å². The normalized spacial score (nSPS) is 14.3. The van der Waals surface area contributed by atoms with E-state index >= 15 is 0 Å². The first-order chi connectivity index (χ1) is 28.8. The van der Waals surface area contributed by atoms with Crippen molar-refractivity contribution in [1.82, 2.24) is 0 Å². The van der Waals surface area contributed by atoms with Gasteiger partial charge in [0.05, 0.1) is 5.41 Å². The van der Waals surface area contributed by atoms with Gasteiger partial charge in [-0.05, 0) is 127 Å². The van der Waals surface area contributed by atoms with E-state index in [2.05, 4.69) is 234 Å². The van der Waals surface area contributed by atoms with E-state index in [0.29, 0.717) is 0 Å². The van der Waals surface area contributed by atoms with Crippen LogP contribution in [0.25, 0.3) is 33.4 Å².